The molecule has 1 fully saturated rings. The molecule has 29 heavy (non-hydrogen) atoms. The summed E-state index contributed by atoms with van der Waals surface area (Å²) >= 11 is 1.83. The van der Waals surface area contributed by atoms with Gasteiger partial charge in [0.2, 0.25) is 0 Å². The highest BCUT2D eigenvalue weighted by Gasteiger charge is 2.18. The van der Waals surface area contributed by atoms with Gasteiger partial charge in [-0.1, -0.05) is 6.07 Å². The molecule has 0 aliphatic carbocycles. The van der Waals surface area contributed by atoms with Crippen molar-refractivity contribution in [2.75, 3.05) is 56.1 Å². The van der Waals surface area contributed by atoms with Crippen LogP contribution >= 0.6 is 23.7 Å². The van der Waals surface area contributed by atoms with Gasteiger partial charge in [-0.15, -0.1) is 23.7 Å². The molecule has 1 saturated heterocycles. The van der Waals surface area contributed by atoms with Crippen LogP contribution in [0.15, 0.2) is 47.8 Å². The van der Waals surface area contributed by atoms with E-state index in [1.807, 2.05) is 11.3 Å². The minimum Gasteiger partial charge on any atom is -0.494 e. The lowest BCUT2D eigenvalue weighted by atomic mass is 10.1. The predicted molar refractivity (Wildman–Crippen MR) is 126 cm³/mol. The van der Waals surface area contributed by atoms with Crippen LogP contribution in [0.2, 0.25) is 0 Å². The third-order valence-corrected chi connectivity index (χ3v) is 6.74. The van der Waals surface area contributed by atoms with Crippen molar-refractivity contribution in [3.05, 3.63) is 53.4 Å². The Kier molecular flexibility index (Phi) is 6.48. The van der Waals surface area contributed by atoms with Crippen LogP contribution in [-0.2, 0) is 6.42 Å². The van der Waals surface area contributed by atoms with E-state index in [2.05, 4.69) is 63.0 Å². The maximum atomic E-state index is 5.99. The maximum absolute atomic E-state index is 5.99. The van der Waals surface area contributed by atoms with Crippen LogP contribution in [0.25, 0.3) is 10.1 Å². The molecule has 0 saturated carbocycles. The molecule has 3 aromatic rings. The summed E-state index contributed by atoms with van der Waals surface area (Å²) in [5.74, 6) is 1.01. The largest absolute Gasteiger partial charge is 0.494 e. The quantitative estimate of drug-likeness (QED) is 0.565. The molecule has 154 valence electrons. The summed E-state index contributed by atoms with van der Waals surface area (Å²) in [5, 5.41) is 6.99. The number of anilines is 2. The lowest BCUT2D eigenvalue weighted by Gasteiger charge is -2.36. The SMILES string of the molecule is Cl.c1cc(N2CCN(CCCOc3ccc4c(c3)CCN4)CC2)c2ccsc2c1. The third kappa shape index (κ3) is 4.47. The van der Waals surface area contributed by atoms with Gasteiger partial charge in [0.15, 0.2) is 0 Å². The van der Waals surface area contributed by atoms with E-state index in [1.165, 1.54) is 27.0 Å². The van der Waals surface area contributed by atoms with E-state index in [4.69, 9.17) is 4.74 Å². The first-order valence-electron chi connectivity index (χ1n) is 10.3. The van der Waals surface area contributed by atoms with E-state index >= 15 is 0 Å². The maximum Gasteiger partial charge on any atom is 0.119 e. The van der Waals surface area contributed by atoms with Gasteiger partial charge in [0.25, 0.3) is 0 Å². The number of piperazine rings is 1. The van der Waals surface area contributed by atoms with E-state index in [0.717, 1.165) is 64.5 Å². The van der Waals surface area contributed by atoms with Gasteiger partial charge in [-0.25, -0.2) is 0 Å². The van der Waals surface area contributed by atoms with E-state index in [-0.39, 0.29) is 12.4 Å². The summed E-state index contributed by atoms with van der Waals surface area (Å²) < 4.78 is 7.38. The van der Waals surface area contributed by atoms with Gasteiger partial charge in [-0.2, -0.15) is 0 Å². The number of ether oxygens (including phenoxy) is 1. The molecule has 0 amide bonds. The molecular weight excluding hydrogens is 402 g/mol. The molecular formula is C23H28ClN3OS. The lowest BCUT2D eigenvalue weighted by Crippen LogP contribution is -2.46. The molecule has 0 bridgehead atoms. The molecule has 2 aliphatic rings. The molecule has 0 atom stereocenters. The molecule has 0 unspecified atom stereocenters. The van der Waals surface area contributed by atoms with Crippen LogP contribution in [0, 0.1) is 0 Å². The normalized spacial score (nSPS) is 16.3. The Balaban J connectivity index is 0.00000205. The summed E-state index contributed by atoms with van der Waals surface area (Å²) in [6.45, 7) is 7.42. The average molecular weight is 430 g/mol. The zero-order valence-corrected chi connectivity index (χ0v) is 18.2. The number of fused-ring (bicyclic) bond motifs is 2. The van der Waals surface area contributed by atoms with Crippen LogP contribution in [0.4, 0.5) is 11.4 Å². The van der Waals surface area contributed by atoms with Gasteiger partial charge in [0.05, 0.1) is 6.61 Å². The zero-order valence-electron chi connectivity index (χ0n) is 16.6. The molecule has 2 aliphatic heterocycles. The van der Waals surface area contributed by atoms with Crippen LogP contribution in [0.5, 0.6) is 5.75 Å². The van der Waals surface area contributed by atoms with Gasteiger partial charge in [0, 0.05) is 60.7 Å². The number of rotatable bonds is 6. The van der Waals surface area contributed by atoms with Crippen molar-refractivity contribution in [2.45, 2.75) is 12.8 Å². The molecule has 5 rings (SSSR count). The molecule has 2 aromatic carbocycles. The molecule has 1 N–H and O–H groups in total. The Hall–Kier alpha value is -1.95. The Morgan fingerprint density at radius 2 is 1.93 bits per heavy atom. The van der Waals surface area contributed by atoms with Gasteiger partial charge in [0.1, 0.15) is 5.75 Å². The molecule has 6 heteroatoms. The second-order valence-electron chi connectivity index (χ2n) is 7.64. The van der Waals surface area contributed by atoms with Gasteiger partial charge in [-0.3, -0.25) is 4.90 Å². The van der Waals surface area contributed by atoms with Crippen molar-refractivity contribution in [1.82, 2.24) is 4.90 Å². The minimum atomic E-state index is 0. The Labute approximate surface area is 182 Å². The Morgan fingerprint density at radius 1 is 1.03 bits per heavy atom. The van der Waals surface area contributed by atoms with Crippen LogP contribution in [-0.4, -0.2) is 50.8 Å². The molecule has 4 nitrogen and oxygen atoms in total. The average Bonchev–Trinajstić information content (AvgIpc) is 3.40. The van der Waals surface area contributed by atoms with Crippen molar-refractivity contribution in [3.8, 4) is 5.75 Å². The molecule has 0 radical (unpaired) electrons. The zero-order chi connectivity index (χ0) is 18.8. The van der Waals surface area contributed by atoms with Crippen molar-refractivity contribution < 1.29 is 4.74 Å². The standard InChI is InChI=1S/C23H27N3OS.ClH/c1-3-22(20-8-16-28-23(20)4-1)26-13-11-25(12-14-26)10-2-15-27-19-5-6-21-18(17-19)7-9-24-21;/h1,3-6,8,16-17,24H,2,7,9-15H2;1H. The molecule has 1 aromatic heterocycles. The summed E-state index contributed by atoms with van der Waals surface area (Å²) in [5.41, 5.74) is 4.05. The fourth-order valence-corrected chi connectivity index (χ4v) is 5.12. The number of hydrogen-bond acceptors (Lipinski definition) is 5. The van der Waals surface area contributed by atoms with Crippen molar-refractivity contribution >= 4 is 45.2 Å². The second-order valence-corrected chi connectivity index (χ2v) is 8.58. The Morgan fingerprint density at radius 3 is 2.83 bits per heavy atom. The predicted octanol–water partition coefficient (Wildman–Crippen LogP) is 4.88. The van der Waals surface area contributed by atoms with Gasteiger partial charge >= 0.3 is 0 Å². The lowest BCUT2D eigenvalue weighted by molar-refractivity contribution is 0.225. The number of benzene rings is 2. The first kappa shape index (κ1) is 20.3. The van der Waals surface area contributed by atoms with Crippen LogP contribution in [0.1, 0.15) is 12.0 Å². The third-order valence-electron chi connectivity index (χ3n) is 5.86. The van der Waals surface area contributed by atoms with E-state index in [9.17, 15) is 0 Å². The van der Waals surface area contributed by atoms with Crippen molar-refractivity contribution in [1.29, 1.82) is 0 Å². The molecule has 0 spiro atoms. The monoisotopic (exact) mass is 429 g/mol. The van der Waals surface area contributed by atoms with Gasteiger partial charge in [-0.05, 0) is 60.2 Å². The second kappa shape index (κ2) is 9.24. The highest BCUT2D eigenvalue weighted by Crippen LogP contribution is 2.31. The summed E-state index contributed by atoms with van der Waals surface area (Å²) in [7, 11) is 0. The minimum absolute atomic E-state index is 0. The topological polar surface area (TPSA) is 27.7 Å². The van der Waals surface area contributed by atoms with Crippen molar-refractivity contribution in [2.24, 2.45) is 0 Å². The van der Waals surface area contributed by atoms with E-state index in [1.54, 1.807) is 0 Å². The van der Waals surface area contributed by atoms with Crippen molar-refractivity contribution in [3.63, 3.8) is 0 Å². The summed E-state index contributed by atoms with van der Waals surface area (Å²) in [6.07, 6.45) is 2.19. The first-order valence-corrected chi connectivity index (χ1v) is 11.2. The highest BCUT2D eigenvalue weighted by molar-refractivity contribution is 7.17. The van der Waals surface area contributed by atoms with Crippen LogP contribution < -0.4 is 15.0 Å². The Bertz CT molecular complexity index is 952. The van der Waals surface area contributed by atoms with E-state index < -0.39 is 0 Å². The first-order chi connectivity index (χ1) is 13.9. The molecule has 3 heterocycles. The van der Waals surface area contributed by atoms with Crippen LogP contribution in [0.3, 0.4) is 0 Å². The fourth-order valence-electron chi connectivity index (χ4n) is 4.32. The number of nitrogens with one attached hydrogen (secondary N) is 1. The number of nitrogens with zero attached hydrogens (tertiary/aromatic N) is 2. The number of hydrogen-bond donors (Lipinski definition) is 1. The fraction of sp³-hybridized carbons (Fsp3) is 0.391. The van der Waals surface area contributed by atoms with E-state index in [0.29, 0.717) is 0 Å². The number of thiophene rings is 1. The smallest absolute Gasteiger partial charge is 0.119 e. The summed E-state index contributed by atoms with van der Waals surface area (Å²) in [6, 6.07) is 15.4. The van der Waals surface area contributed by atoms with Gasteiger partial charge < -0.3 is 15.0 Å². The number of halogens is 1. The highest BCUT2D eigenvalue weighted by atomic mass is 35.5. The summed E-state index contributed by atoms with van der Waals surface area (Å²) in [4.78, 5) is 5.11.